The van der Waals surface area contributed by atoms with Crippen LogP contribution in [-0.2, 0) is 19.5 Å². The van der Waals surface area contributed by atoms with E-state index >= 15 is 0 Å². The second kappa shape index (κ2) is 6.18. The first-order valence-corrected chi connectivity index (χ1v) is 9.77. The van der Waals surface area contributed by atoms with E-state index in [4.69, 9.17) is 18.9 Å². The van der Waals surface area contributed by atoms with E-state index in [2.05, 4.69) is 4.72 Å². The predicted octanol–water partition coefficient (Wildman–Crippen LogP) is 1.42. The normalized spacial score (nSPS) is 25.8. The Bertz CT molecular complexity index is 713. The van der Waals surface area contributed by atoms with Crippen molar-refractivity contribution in [3.05, 3.63) is 18.2 Å². The number of sulfonamides is 1. The van der Waals surface area contributed by atoms with Crippen LogP contribution in [0, 0.1) is 0 Å². The van der Waals surface area contributed by atoms with E-state index in [1.165, 1.54) is 12.1 Å². The molecule has 0 unspecified atom stereocenters. The van der Waals surface area contributed by atoms with Crippen LogP contribution in [0.4, 0.5) is 0 Å². The fraction of sp³-hybridized carbons (Fsp3) is 0.625. The lowest BCUT2D eigenvalue weighted by atomic mass is 9.90. The standard InChI is InChI=1S/C16H21NO6S/c18-24(19,12-4-5-13-14(11-12)21-8-7-20-13)17-15-3-1-2-6-16(15)22-9-10-23-16/h4-5,11,15,17H,1-3,6-10H2/t15-/m0/s1. The second-order valence-corrected chi connectivity index (χ2v) is 7.95. The maximum Gasteiger partial charge on any atom is 0.241 e. The van der Waals surface area contributed by atoms with Crippen LogP contribution >= 0.6 is 0 Å². The summed E-state index contributed by atoms with van der Waals surface area (Å²) in [6, 6.07) is 4.28. The Kier molecular flexibility index (Phi) is 4.16. The summed E-state index contributed by atoms with van der Waals surface area (Å²) in [6.45, 7) is 1.89. The van der Waals surface area contributed by atoms with Crippen LogP contribution in [0.15, 0.2) is 23.1 Å². The third-order valence-corrected chi connectivity index (χ3v) is 6.17. The number of fused-ring (bicyclic) bond motifs is 1. The Balaban J connectivity index is 1.58. The SMILES string of the molecule is O=S(=O)(N[C@H]1CCCCC12OCCO2)c1ccc2c(c1)OCCO2. The van der Waals surface area contributed by atoms with Gasteiger partial charge in [0.15, 0.2) is 17.3 Å². The topological polar surface area (TPSA) is 83.1 Å². The van der Waals surface area contributed by atoms with Gasteiger partial charge in [-0.2, -0.15) is 0 Å². The molecule has 24 heavy (non-hydrogen) atoms. The summed E-state index contributed by atoms with van der Waals surface area (Å²) in [4.78, 5) is 0.158. The number of rotatable bonds is 3. The van der Waals surface area contributed by atoms with Crippen molar-refractivity contribution >= 4 is 10.0 Å². The monoisotopic (exact) mass is 355 g/mol. The van der Waals surface area contributed by atoms with E-state index in [1.807, 2.05) is 0 Å². The van der Waals surface area contributed by atoms with Crippen LogP contribution in [0.3, 0.4) is 0 Å². The Hall–Kier alpha value is -1.35. The number of nitrogens with one attached hydrogen (secondary N) is 1. The first-order chi connectivity index (χ1) is 11.6. The maximum atomic E-state index is 12.8. The maximum absolute atomic E-state index is 12.8. The third kappa shape index (κ3) is 2.88. The van der Waals surface area contributed by atoms with Gasteiger partial charge in [0.05, 0.1) is 24.2 Å². The highest BCUT2D eigenvalue weighted by Gasteiger charge is 2.47. The lowest BCUT2D eigenvalue weighted by Crippen LogP contribution is -2.55. The molecule has 7 nitrogen and oxygen atoms in total. The fourth-order valence-electron chi connectivity index (χ4n) is 3.52. The van der Waals surface area contributed by atoms with Gasteiger partial charge in [0.1, 0.15) is 13.2 Å². The van der Waals surface area contributed by atoms with E-state index in [0.717, 1.165) is 12.8 Å². The van der Waals surface area contributed by atoms with Gasteiger partial charge in [-0.05, 0) is 25.0 Å². The van der Waals surface area contributed by atoms with E-state index in [-0.39, 0.29) is 10.9 Å². The first-order valence-electron chi connectivity index (χ1n) is 8.29. The summed E-state index contributed by atoms with van der Waals surface area (Å²) in [7, 11) is -3.70. The van der Waals surface area contributed by atoms with Gasteiger partial charge in [0, 0.05) is 12.5 Å². The highest BCUT2D eigenvalue weighted by atomic mass is 32.2. The molecule has 2 aliphatic heterocycles. The zero-order valence-electron chi connectivity index (χ0n) is 13.3. The molecule has 1 saturated heterocycles. The molecule has 132 valence electrons. The van der Waals surface area contributed by atoms with Crippen molar-refractivity contribution in [2.24, 2.45) is 0 Å². The molecule has 1 atom stereocenters. The summed E-state index contributed by atoms with van der Waals surface area (Å²) in [5, 5.41) is 0. The molecule has 0 amide bonds. The summed E-state index contributed by atoms with van der Waals surface area (Å²) in [6.07, 6.45) is 3.33. The molecule has 1 aromatic carbocycles. The third-order valence-electron chi connectivity index (χ3n) is 4.70. The quantitative estimate of drug-likeness (QED) is 0.883. The van der Waals surface area contributed by atoms with Gasteiger partial charge in [-0.3, -0.25) is 0 Å². The average Bonchev–Trinajstić information content (AvgIpc) is 3.06. The Morgan fingerprint density at radius 3 is 2.54 bits per heavy atom. The Morgan fingerprint density at radius 2 is 1.75 bits per heavy atom. The smallest absolute Gasteiger partial charge is 0.241 e. The lowest BCUT2D eigenvalue weighted by molar-refractivity contribution is -0.191. The molecule has 2 fully saturated rings. The van der Waals surface area contributed by atoms with E-state index in [1.54, 1.807) is 6.07 Å². The molecule has 0 radical (unpaired) electrons. The fourth-order valence-corrected chi connectivity index (χ4v) is 4.84. The van der Waals surface area contributed by atoms with Crippen LogP contribution in [0.25, 0.3) is 0 Å². The molecule has 1 aromatic rings. The van der Waals surface area contributed by atoms with Crippen molar-refractivity contribution in [1.29, 1.82) is 0 Å². The molecule has 0 aromatic heterocycles. The molecule has 2 heterocycles. The molecule has 8 heteroatoms. The predicted molar refractivity (Wildman–Crippen MR) is 84.6 cm³/mol. The summed E-state index contributed by atoms with van der Waals surface area (Å²) >= 11 is 0. The molecule has 0 bridgehead atoms. The van der Waals surface area contributed by atoms with Crippen LogP contribution in [0.2, 0.25) is 0 Å². The van der Waals surface area contributed by atoms with Gasteiger partial charge in [0.25, 0.3) is 0 Å². The first kappa shape index (κ1) is 16.1. The van der Waals surface area contributed by atoms with E-state index in [0.29, 0.717) is 50.8 Å². The molecule has 1 aliphatic carbocycles. The van der Waals surface area contributed by atoms with Gasteiger partial charge in [0.2, 0.25) is 10.0 Å². The lowest BCUT2D eigenvalue weighted by Gasteiger charge is -2.39. The van der Waals surface area contributed by atoms with Crippen molar-refractivity contribution in [3.8, 4) is 11.5 Å². The van der Waals surface area contributed by atoms with E-state index < -0.39 is 15.8 Å². The van der Waals surface area contributed by atoms with Crippen LogP contribution in [0.5, 0.6) is 11.5 Å². The van der Waals surface area contributed by atoms with Crippen molar-refractivity contribution < 1.29 is 27.4 Å². The summed E-state index contributed by atoms with van der Waals surface area (Å²) in [5.74, 6) is 0.201. The number of hydrogen-bond donors (Lipinski definition) is 1. The van der Waals surface area contributed by atoms with Gasteiger partial charge >= 0.3 is 0 Å². The number of hydrogen-bond acceptors (Lipinski definition) is 6. The van der Waals surface area contributed by atoms with Crippen LogP contribution in [0.1, 0.15) is 25.7 Å². The minimum atomic E-state index is -3.70. The zero-order valence-corrected chi connectivity index (χ0v) is 14.1. The number of ether oxygens (including phenoxy) is 4. The van der Waals surface area contributed by atoms with Crippen LogP contribution < -0.4 is 14.2 Å². The zero-order chi connectivity index (χ0) is 16.6. The highest BCUT2D eigenvalue weighted by molar-refractivity contribution is 7.89. The second-order valence-electron chi connectivity index (χ2n) is 6.23. The largest absolute Gasteiger partial charge is 0.486 e. The van der Waals surface area contributed by atoms with Crippen molar-refractivity contribution in [2.45, 2.75) is 42.4 Å². The molecule has 1 saturated carbocycles. The van der Waals surface area contributed by atoms with Gasteiger partial charge in [-0.25, -0.2) is 13.1 Å². The minimum Gasteiger partial charge on any atom is -0.486 e. The van der Waals surface area contributed by atoms with Gasteiger partial charge in [-0.1, -0.05) is 6.42 Å². The molecule has 1 spiro atoms. The molecular formula is C16H21NO6S. The molecule has 1 N–H and O–H groups in total. The number of benzene rings is 1. The van der Waals surface area contributed by atoms with Crippen molar-refractivity contribution in [2.75, 3.05) is 26.4 Å². The van der Waals surface area contributed by atoms with Crippen LogP contribution in [-0.4, -0.2) is 46.7 Å². The molecule has 3 aliphatic rings. The van der Waals surface area contributed by atoms with Gasteiger partial charge in [-0.15, -0.1) is 0 Å². The van der Waals surface area contributed by atoms with E-state index in [9.17, 15) is 8.42 Å². The van der Waals surface area contributed by atoms with Gasteiger partial charge < -0.3 is 18.9 Å². The van der Waals surface area contributed by atoms with Crippen molar-refractivity contribution in [3.63, 3.8) is 0 Å². The highest BCUT2D eigenvalue weighted by Crippen LogP contribution is 2.37. The summed E-state index contributed by atoms with van der Waals surface area (Å²) in [5.41, 5.74) is 0. The van der Waals surface area contributed by atoms with Crippen molar-refractivity contribution in [1.82, 2.24) is 4.72 Å². The molecule has 4 rings (SSSR count). The minimum absolute atomic E-state index is 0.158. The Morgan fingerprint density at radius 1 is 1.00 bits per heavy atom. The summed E-state index contributed by atoms with van der Waals surface area (Å²) < 4.78 is 50.9. The Labute approximate surface area is 141 Å². The average molecular weight is 355 g/mol. The molecular weight excluding hydrogens is 334 g/mol.